The fraction of sp³-hybridized carbons (Fsp3) is 0.469. The molecule has 3 amide bonds. The summed E-state index contributed by atoms with van der Waals surface area (Å²) in [5.74, 6) is 1.72. The Morgan fingerprint density at radius 2 is 1.72 bits per heavy atom. The second-order valence-electron chi connectivity index (χ2n) is 18.2. The molecule has 3 N–H and O–H groups in total. The molecule has 18 heteroatoms. The number of carbonyl (C=O) groups is 4. The number of aryl methyl sites for hydroxylation is 4. The number of nitrogens with one attached hydrogen (secondary N) is 2. The van der Waals surface area contributed by atoms with E-state index in [4.69, 9.17) is 21.3 Å². The number of thioether (sulfide) groups is 1. The van der Waals surface area contributed by atoms with Crippen LogP contribution in [0.1, 0.15) is 97.0 Å². The van der Waals surface area contributed by atoms with E-state index in [0.29, 0.717) is 42.6 Å². The van der Waals surface area contributed by atoms with E-state index in [1.54, 1.807) is 34.4 Å². The Morgan fingerprint density at radius 3 is 2.42 bits per heavy atom. The van der Waals surface area contributed by atoms with Crippen molar-refractivity contribution in [1.82, 2.24) is 35.3 Å². The minimum atomic E-state index is -0.929. The zero-order valence-corrected chi connectivity index (χ0v) is 42.3. The zero-order chi connectivity index (χ0) is 48.0. The summed E-state index contributed by atoms with van der Waals surface area (Å²) in [5, 5.41) is 27.0. The number of Topliss-reactive ketones (excluding diaryl/α,β-unsaturated/α-hetero) is 1. The molecule has 5 aromatic rings. The lowest BCUT2D eigenvalue weighted by Crippen LogP contribution is -2.57. The number of thiophene rings is 1. The summed E-state index contributed by atoms with van der Waals surface area (Å²) < 4.78 is 7.73. The van der Waals surface area contributed by atoms with Crippen molar-refractivity contribution in [1.29, 1.82) is 0 Å². The Labute approximate surface area is 409 Å². The maximum Gasteiger partial charge on any atom is 0.246 e. The third-order valence-electron chi connectivity index (χ3n) is 12.1. The molecule has 0 aliphatic carbocycles. The highest BCUT2D eigenvalue weighted by Crippen LogP contribution is 2.40. The molecule has 1 fully saturated rings. The van der Waals surface area contributed by atoms with Crippen molar-refractivity contribution in [2.45, 2.75) is 105 Å². The first-order chi connectivity index (χ1) is 32.0. The fourth-order valence-electron chi connectivity index (χ4n) is 8.39. The number of benzene rings is 2. The molecule has 0 bridgehead atoms. The normalized spacial score (nSPS) is 17.4. The number of rotatable bonds is 19. The fourth-order valence-corrected chi connectivity index (χ4v) is 11.3. The molecule has 0 radical (unpaired) electrons. The number of aliphatic imine (C=N–C) groups is 1. The van der Waals surface area contributed by atoms with Crippen LogP contribution in [0.25, 0.3) is 15.4 Å². The van der Waals surface area contributed by atoms with Crippen molar-refractivity contribution < 1.29 is 29.0 Å². The number of nitrogens with zero attached hydrogens (tertiary/aromatic N) is 6. The van der Waals surface area contributed by atoms with Crippen molar-refractivity contribution in [2.24, 2.45) is 10.4 Å². The van der Waals surface area contributed by atoms with Gasteiger partial charge in [0.1, 0.15) is 29.5 Å². The minimum Gasteiger partial charge on any atom is -0.391 e. The van der Waals surface area contributed by atoms with Crippen LogP contribution in [0.5, 0.6) is 0 Å². The summed E-state index contributed by atoms with van der Waals surface area (Å²) in [5.41, 5.74) is 8.06. The molecule has 2 aliphatic heterocycles. The molecule has 7 rings (SSSR count). The number of thiazole rings is 1. The lowest BCUT2D eigenvalue weighted by Gasteiger charge is -2.35. The standard InChI is InChI=1S/C49H59ClN8O6S3/c1-28-30(3)67-48-42(28)43(33-14-16-35(50)17-15-33)53-37(46-56-55-31(4)58(46)48)24-40(61)51-19-22-65-21-8-20-64-26-41(62)54-45(49(5,6)7)47(63)57-25-36(59)23-38(57)39(60)18-11-32-9-12-34(13-10-32)44-29(2)52-27-66-44/h9-10,12-17,27,36-38,45,59H,8,11,18-26H2,1-7H3,(H,51,61)(H,54,62)/t36-,37+,38+,45-/m1/s1. The van der Waals surface area contributed by atoms with Gasteiger partial charge in [-0.3, -0.25) is 28.7 Å². The van der Waals surface area contributed by atoms with E-state index < -0.39 is 41.5 Å². The molecule has 2 aliphatic rings. The van der Waals surface area contributed by atoms with Gasteiger partial charge in [-0.15, -0.1) is 32.9 Å². The predicted molar refractivity (Wildman–Crippen MR) is 267 cm³/mol. The van der Waals surface area contributed by atoms with E-state index in [0.717, 1.165) is 60.7 Å². The molecular formula is C49H59ClN8O6S3. The number of ketones is 1. The van der Waals surface area contributed by atoms with Crippen LogP contribution in [0.4, 0.5) is 0 Å². The molecule has 67 heavy (non-hydrogen) atoms. The second kappa shape index (κ2) is 22.1. The van der Waals surface area contributed by atoms with Gasteiger partial charge in [-0.2, -0.15) is 11.8 Å². The summed E-state index contributed by atoms with van der Waals surface area (Å²) >= 11 is 11.2. The Kier molecular flexibility index (Phi) is 16.5. The van der Waals surface area contributed by atoms with Gasteiger partial charge in [-0.1, -0.05) is 68.8 Å². The molecule has 356 valence electrons. The Balaban J connectivity index is 0.832. The summed E-state index contributed by atoms with van der Waals surface area (Å²) in [6.45, 7) is 14.3. The van der Waals surface area contributed by atoms with Gasteiger partial charge in [0.2, 0.25) is 17.7 Å². The smallest absolute Gasteiger partial charge is 0.246 e. The molecule has 0 saturated carbocycles. The Bertz CT molecular complexity index is 2600. The molecule has 0 unspecified atom stereocenters. The molecule has 4 atom stereocenters. The summed E-state index contributed by atoms with van der Waals surface area (Å²) in [6.07, 6.45) is 0.847. The van der Waals surface area contributed by atoms with Gasteiger partial charge in [0, 0.05) is 59.3 Å². The van der Waals surface area contributed by atoms with Crippen LogP contribution >= 0.6 is 46.0 Å². The highest BCUT2D eigenvalue weighted by atomic mass is 35.5. The number of β-amino-alcohol motifs (C(OH)–C–C–N with tert-alkyl or cyclic N) is 1. The molecule has 1 saturated heterocycles. The first-order valence-corrected chi connectivity index (χ1v) is 25.8. The largest absolute Gasteiger partial charge is 0.391 e. The van der Waals surface area contributed by atoms with E-state index in [9.17, 15) is 24.3 Å². The third-order valence-corrected chi connectivity index (χ3v) is 15.6. The number of hydrogen-bond acceptors (Lipinski definition) is 13. The number of carbonyl (C=O) groups excluding carboxylic acids is 4. The quantitative estimate of drug-likeness (QED) is 0.0699. The van der Waals surface area contributed by atoms with E-state index in [1.165, 1.54) is 9.78 Å². The van der Waals surface area contributed by atoms with Crippen LogP contribution in [-0.4, -0.2) is 115 Å². The number of amides is 3. The summed E-state index contributed by atoms with van der Waals surface area (Å²) in [6, 6.07) is 13.4. The summed E-state index contributed by atoms with van der Waals surface area (Å²) in [4.78, 5) is 67.3. The van der Waals surface area contributed by atoms with Crippen molar-refractivity contribution >= 4 is 75.3 Å². The number of aliphatic hydroxyl groups is 1. The maximum atomic E-state index is 14.0. The Hall–Kier alpha value is -4.78. The van der Waals surface area contributed by atoms with Crippen LogP contribution < -0.4 is 10.6 Å². The third kappa shape index (κ3) is 12.1. The van der Waals surface area contributed by atoms with Gasteiger partial charge in [0.15, 0.2) is 11.6 Å². The lowest BCUT2D eigenvalue weighted by atomic mass is 9.85. The number of likely N-dealkylation sites (tertiary alicyclic amines) is 1. The number of ether oxygens (including phenoxy) is 1. The molecule has 5 heterocycles. The van der Waals surface area contributed by atoms with Crippen LogP contribution in [0.15, 0.2) is 59.0 Å². The van der Waals surface area contributed by atoms with Gasteiger partial charge in [-0.05, 0) is 80.5 Å². The van der Waals surface area contributed by atoms with E-state index in [1.807, 2.05) is 93.2 Å². The van der Waals surface area contributed by atoms with Crippen molar-refractivity contribution in [3.8, 4) is 15.4 Å². The monoisotopic (exact) mass is 986 g/mol. The van der Waals surface area contributed by atoms with Crippen LogP contribution in [0.3, 0.4) is 0 Å². The van der Waals surface area contributed by atoms with E-state index in [-0.39, 0.29) is 44.1 Å². The molecule has 2 aromatic carbocycles. The van der Waals surface area contributed by atoms with E-state index >= 15 is 0 Å². The molecule has 3 aromatic heterocycles. The first kappa shape index (κ1) is 50.1. The number of fused-ring (bicyclic) bond motifs is 3. The average molecular weight is 988 g/mol. The van der Waals surface area contributed by atoms with Crippen molar-refractivity contribution in [3.05, 3.63) is 104 Å². The van der Waals surface area contributed by atoms with E-state index in [2.05, 4.69) is 39.7 Å². The zero-order valence-electron chi connectivity index (χ0n) is 39.1. The van der Waals surface area contributed by atoms with Gasteiger partial charge in [0.05, 0.1) is 40.4 Å². The average Bonchev–Trinajstić information content (AvgIpc) is 4.06. The number of aliphatic hydroxyl groups excluding tert-OH is 1. The van der Waals surface area contributed by atoms with Crippen molar-refractivity contribution in [3.63, 3.8) is 0 Å². The minimum absolute atomic E-state index is 0.0270. The molecular weight excluding hydrogens is 928 g/mol. The second-order valence-corrected chi connectivity index (χ2v) is 21.9. The SMILES string of the molecule is Cc1ncsc1-c1ccc(CCC(=O)[C@@H]2C[C@@H](O)CN2C(=O)[C@@H](NC(=O)COCCCSCCNC(=O)C[C@@H]2N=C(c3ccc(Cl)cc3)c3c(sc(C)c3C)-n3c(C)nnc32)C(C)(C)C)cc1. The van der Waals surface area contributed by atoms with Gasteiger partial charge in [0.25, 0.3) is 0 Å². The number of hydrogen-bond donors (Lipinski definition) is 3. The predicted octanol–water partition coefficient (Wildman–Crippen LogP) is 7.57. The topological polar surface area (TPSA) is 181 Å². The van der Waals surface area contributed by atoms with Crippen LogP contribution in [0.2, 0.25) is 5.02 Å². The molecule has 14 nitrogen and oxygen atoms in total. The van der Waals surface area contributed by atoms with Gasteiger partial charge >= 0.3 is 0 Å². The highest BCUT2D eigenvalue weighted by Gasteiger charge is 2.44. The Morgan fingerprint density at radius 1 is 0.985 bits per heavy atom. The maximum absolute atomic E-state index is 14.0. The number of aromatic nitrogens is 4. The molecule has 0 spiro atoms. The van der Waals surface area contributed by atoms with Gasteiger partial charge in [-0.25, -0.2) is 4.98 Å². The van der Waals surface area contributed by atoms with Crippen LogP contribution in [-0.2, 0) is 30.3 Å². The number of halogens is 1. The highest BCUT2D eigenvalue weighted by molar-refractivity contribution is 7.99. The van der Waals surface area contributed by atoms with Crippen LogP contribution in [0, 0.1) is 33.1 Å². The first-order valence-electron chi connectivity index (χ1n) is 22.6. The van der Waals surface area contributed by atoms with Gasteiger partial charge < -0.3 is 25.4 Å². The van der Waals surface area contributed by atoms with Crippen molar-refractivity contribution in [2.75, 3.05) is 37.8 Å². The lowest BCUT2D eigenvalue weighted by molar-refractivity contribution is -0.144. The summed E-state index contributed by atoms with van der Waals surface area (Å²) in [7, 11) is 0.